The van der Waals surface area contributed by atoms with E-state index in [1.165, 1.54) is 23.5 Å². The summed E-state index contributed by atoms with van der Waals surface area (Å²) in [5.41, 5.74) is 1.19. The number of hydrogen-bond donors (Lipinski definition) is 0. The molecule has 2 heterocycles. The number of halogens is 1. The Morgan fingerprint density at radius 2 is 2.00 bits per heavy atom. The minimum Gasteiger partial charge on any atom is -0.258 e. The van der Waals surface area contributed by atoms with Crippen LogP contribution in [-0.4, -0.2) is 14.9 Å². The first kappa shape index (κ1) is 13.0. The van der Waals surface area contributed by atoms with E-state index in [9.17, 15) is 10.1 Å². The normalized spacial score (nSPS) is 10.8. The van der Waals surface area contributed by atoms with Gasteiger partial charge < -0.3 is 0 Å². The second kappa shape index (κ2) is 5.15. The zero-order chi connectivity index (χ0) is 14.1. The second-order valence-electron chi connectivity index (χ2n) is 4.11. The molecule has 5 nitrogen and oxygen atoms in total. The molecule has 20 heavy (non-hydrogen) atoms. The van der Waals surface area contributed by atoms with E-state index in [0.717, 1.165) is 15.2 Å². The van der Waals surface area contributed by atoms with Crippen LogP contribution in [-0.2, 0) is 6.42 Å². The van der Waals surface area contributed by atoms with Crippen LogP contribution < -0.4 is 0 Å². The number of hydrogen-bond acceptors (Lipinski definition) is 5. The Bertz CT molecular complexity index is 770. The molecular formula is C13H8ClN3O2S. The molecule has 0 spiro atoms. The Hall–Kier alpha value is -2.05. The maximum absolute atomic E-state index is 11.0. The predicted octanol–water partition coefficient (Wildman–Crippen LogP) is 3.84. The van der Waals surface area contributed by atoms with Crippen LogP contribution in [0.3, 0.4) is 0 Å². The van der Waals surface area contributed by atoms with Gasteiger partial charge in [-0.15, -0.1) is 11.3 Å². The average Bonchev–Trinajstić information content (AvgIpc) is 2.80. The van der Waals surface area contributed by atoms with Gasteiger partial charge in [0.2, 0.25) is 0 Å². The molecule has 0 amide bonds. The number of fused-ring (bicyclic) bond motifs is 1. The molecule has 0 radical (unpaired) electrons. The molecule has 3 aromatic rings. The number of benzene rings is 1. The maximum atomic E-state index is 11.0. The van der Waals surface area contributed by atoms with Crippen LogP contribution in [0.4, 0.5) is 5.69 Å². The van der Waals surface area contributed by atoms with Crippen LogP contribution >= 0.6 is 22.9 Å². The molecule has 0 N–H and O–H groups in total. The Labute approximate surface area is 123 Å². The van der Waals surface area contributed by atoms with E-state index in [1.54, 1.807) is 0 Å². The van der Waals surface area contributed by atoms with Crippen LogP contribution in [0.25, 0.3) is 10.2 Å². The molecule has 7 heteroatoms. The van der Waals surface area contributed by atoms with Gasteiger partial charge in [0.1, 0.15) is 15.9 Å². The van der Waals surface area contributed by atoms with Crippen LogP contribution in [0.15, 0.2) is 36.4 Å². The summed E-state index contributed by atoms with van der Waals surface area (Å²) in [7, 11) is 0. The number of para-hydroxylation sites is 1. The third kappa shape index (κ3) is 2.48. The van der Waals surface area contributed by atoms with Gasteiger partial charge in [-0.1, -0.05) is 23.7 Å². The minimum absolute atomic E-state index is 0.0337. The number of nitro groups is 1. The lowest BCUT2D eigenvalue weighted by molar-refractivity contribution is -0.385. The third-order valence-corrected chi connectivity index (χ3v) is 4.02. The molecule has 0 saturated carbocycles. The zero-order valence-corrected chi connectivity index (χ0v) is 11.7. The van der Waals surface area contributed by atoms with E-state index in [0.29, 0.717) is 12.1 Å². The molecule has 0 saturated heterocycles. The Kier molecular flexibility index (Phi) is 3.33. The smallest absolute Gasteiger partial charge is 0.258 e. The van der Waals surface area contributed by atoms with Crippen LogP contribution in [0.5, 0.6) is 0 Å². The topological polar surface area (TPSA) is 68.9 Å². The zero-order valence-electron chi connectivity index (χ0n) is 10.1. The number of aromatic nitrogens is 2. The highest BCUT2D eigenvalue weighted by Crippen LogP contribution is 2.27. The van der Waals surface area contributed by atoms with Gasteiger partial charge in [0.15, 0.2) is 0 Å². The largest absolute Gasteiger partial charge is 0.291 e. The molecule has 1 aromatic carbocycles. The van der Waals surface area contributed by atoms with Crippen molar-refractivity contribution in [3.8, 4) is 0 Å². The summed E-state index contributed by atoms with van der Waals surface area (Å²) in [6.45, 7) is 0. The third-order valence-electron chi connectivity index (χ3n) is 2.77. The molecule has 0 atom stereocenters. The van der Waals surface area contributed by atoms with Gasteiger partial charge in [0.05, 0.1) is 15.1 Å². The quantitative estimate of drug-likeness (QED) is 0.419. The van der Waals surface area contributed by atoms with Crippen molar-refractivity contribution in [1.82, 2.24) is 9.97 Å². The van der Waals surface area contributed by atoms with Gasteiger partial charge in [0, 0.05) is 12.5 Å². The maximum Gasteiger partial charge on any atom is 0.291 e. The first-order chi connectivity index (χ1) is 9.63. The summed E-state index contributed by atoms with van der Waals surface area (Å²) in [5, 5.41) is 12.0. The lowest BCUT2D eigenvalue weighted by atomic mass is 10.2. The monoisotopic (exact) mass is 305 g/mol. The average molecular weight is 306 g/mol. The molecule has 0 fully saturated rings. The van der Waals surface area contributed by atoms with Crippen LogP contribution in [0.1, 0.15) is 10.7 Å². The van der Waals surface area contributed by atoms with Crippen LogP contribution in [0, 0.1) is 10.1 Å². The minimum atomic E-state index is -0.452. The summed E-state index contributed by atoms with van der Waals surface area (Å²) < 4.78 is 1.05. The summed E-state index contributed by atoms with van der Waals surface area (Å²) in [4.78, 5) is 19.0. The highest BCUT2D eigenvalue weighted by atomic mass is 35.5. The van der Waals surface area contributed by atoms with Gasteiger partial charge in [-0.2, -0.15) is 0 Å². The fraction of sp³-hybridized carbons (Fsp3) is 0.0769. The van der Waals surface area contributed by atoms with E-state index in [-0.39, 0.29) is 10.8 Å². The number of rotatable bonds is 3. The number of nitrogens with zero attached hydrogens (tertiary/aromatic N) is 3. The fourth-order valence-corrected chi connectivity index (χ4v) is 3.04. The Morgan fingerprint density at radius 1 is 1.20 bits per heavy atom. The molecule has 0 aliphatic carbocycles. The van der Waals surface area contributed by atoms with Gasteiger partial charge >= 0.3 is 0 Å². The summed E-state index contributed by atoms with van der Waals surface area (Å²) in [6.07, 6.45) is 0.302. The van der Waals surface area contributed by atoms with E-state index in [4.69, 9.17) is 11.6 Å². The Balaban J connectivity index is 2.01. The molecule has 2 aromatic heterocycles. The summed E-state index contributed by atoms with van der Waals surface area (Å²) in [6, 6.07) is 10.5. The fourth-order valence-electron chi connectivity index (χ4n) is 1.90. The standard InChI is InChI=1S/C13H8ClN3O2S/c14-12-6-5-10(17(18)19)9(15-12)7-13-16-8-3-1-2-4-11(8)20-13/h1-6H,7H2. The molecule has 0 aliphatic rings. The number of thiazole rings is 1. The van der Waals surface area contributed by atoms with E-state index < -0.39 is 4.92 Å². The van der Waals surface area contributed by atoms with Gasteiger partial charge in [0.25, 0.3) is 5.69 Å². The van der Waals surface area contributed by atoms with Crippen molar-refractivity contribution in [3.05, 3.63) is 62.4 Å². The highest BCUT2D eigenvalue weighted by Gasteiger charge is 2.17. The molecule has 0 unspecified atom stereocenters. The molecule has 0 aliphatic heterocycles. The highest BCUT2D eigenvalue weighted by molar-refractivity contribution is 7.18. The predicted molar refractivity (Wildman–Crippen MR) is 78.3 cm³/mol. The van der Waals surface area contributed by atoms with Crippen molar-refractivity contribution in [2.75, 3.05) is 0 Å². The van der Waals surface area contributed by atoms with Crippen molar-refractivity contribution >= 4 is 38.8 Å². The molecular weight excluding hydrogens is 298 g/mol. The first-order valence-corrected chi connectivity index (χ1v) is 6.97. The lowest BCUT2D eigenvalue weighted by Crippen LogP contribution is -1.99. The van der Waals surface area contributed by atoms with Gasteiger partial charge in [-0.05, 0) is 18.2 Å². The van der Waals surface area contributed by atoms with Crippen molar-refractivity contribution in [3.63, 3.8) is 0 Å². The molecule has 0 bridgehead atoms. The SMILES string of the molecule is O=[N+]([O-])c1ccc(Cl)nc1Cc1nc2ccccc2s1. The summed E-state index contributed by atoms with van der Waals surface area (Å²) >= 11 is 7.32. The molecule has 3 rings (SSSR count). The van der Waals surface area contributed by atoms with E-state index >= 15 is 0 Å². The lowest BCUT2D eigenvalue weighted by Gasteiger charge is -2.00. The van der Waals surface area contributed by atoms with E-state index in [1.807, 2.05) is 24.3 Å². The first-order valence-electron chi connectivity index (χ1n) is 5.78. The van der Waals surface area contributed by atoms with Crippen molar-refractivity contribution in [2.45, 2.75) is 6.42 Å². The molecule has 100 valence electrons. The van der Waals surface area contributed by atoms with Gasteiger partial charge in [-0.25, -0.2) is 9.97 Å². The summed E-state index contributed by atoms with van der Waals surface area (Å²) in [5.74, 6) is 0. The second-order valence-corrected chi connectivity index (χ2v) is 5.61. The number of pyridine rings is 1. The van der Waals surface area contributed by atoms with Crippen molar-refractivity contribution in [1.29, 1.82) is 0 Å². The Morgan fingerprint density at radius 3 is 2.75 bits per heavy atom. The van der Waals surface area contributed by atoms with Crippen LogP contribution in [0.2, 0.25) is 5.15 Å². The van der Waals surface area contributed by atoms with Gasteiger partial charge in [-0.3, -0.25) is 10.1 Å². The van der Waals surface area contributed by atoms with Crippen molar-refractivity contribution < 1.29 is 4.92 Å². The van der Waals surface area contributed by atoms with E-state index in [2.05, 4.69) is 9.97 Å². The van der Waals surface area contributed by atoms with Crippen molar-refractivity contribution in [2.24, 2.45) is 0 Å².